The summed E-state index contributed by atoms with van der Waals surface area (Å²) in [4.78, 5) is 0. The summed E-state index contributed by atoms with van der Waals surface area (Å²) in [6, 6.07) is 0. The van der Waals surface area contributed by atoms with Crippen LogP contribution >= 0.6 is 12.6 Å². The second-order valence-electron chi connectivity index (χ2n) is 4.36. The van der Waals surface area contributed by atoms with Gasteiger partial charge < -0.3 is 5.32 Å². The van der Waals surface area contributed by atoms with Gasteiger partial charge in [-0.3, -0.25) is 0 Å². The molecule has 0 aliphatic heterocycles. The van der Waals surface area contributed by atoms with Gasteiger partial charge in [0.25, 0.3) is 0 Å². The molecule has 2 rings (SSSR count). The summed E-state index contributed by atoms with van der Waals surface area (Å²) in [5.41, 5.74) is 0. The van der Waals surface area contributed by atoms with Crippen LogP contribution in [0.3, 0.4) is 0 Å². The predicted octanol–water partition coefficient (Wildman–Crippen LogP) is 1.94. The van der Waals surface area contributed by atoms with Crippen molar-refractivity contribution >= 4 is 12.6 Å². The molecule has 0 heterocycles. The lowest BCUT2D eigenvalue weighted by molar-refractivity contribution is 0.321. The molecule has 0 aromatic carbocycles. The highest BCUT2D eigenvalue weighted by Crippen LogP contribution is 2.47. The number of hydrogen-bond donors (Lipinski definition) is 2. The molecule has 2 heteroatoms. The van der Waals surface area contributed by atoms with Crippen LogP contribution in [0.4, 0.5) is 0 Å². The highest BCUT2D eigenvalue weighted by molar-refractivity contribution is 7.80. The minimum absolute atomic E-state index is 0.973. The van der Waals surface area contributed by atoms with E-state index in [1.807, 2.05) is 0 Å². The summed E-state index contributed by atoms with van der Waals surface area (Å²) >= 11 is 4.19. The molecular formula is C10H19NS. The molecule has 2 fully saturated rings. The number of rotatable bonds is 4. The van der Waals surface area contributed by atoms with Crippen molar-refractivity contribution in [3.8, 4) is 0 Å². The van der Waals surface area contributed by atoms with Crippen LogP contribution in [-0.2, 0) is 0 Å². The molecule has 2 bridgehead atoms. The predicted molar refractivity (Wildman–Crippen MR) is 55.7 cm³/mol. The summed E-state index contributed by atoms with van der Waals surface area (Å²) in [6.07, 6.45) is 6.07. The Bertz CT molecular complexity index is 149. The lowest BCUT2D eigenvalue weighted by Gasteiger charge is -2.21. The Labute approximate surface area is 80.7 Å². The highest BCUT2D eigenvalue weighted by atomic mass is 32.1. The molecule has 2 aliphatic carbocycles. The maximum absolute atomic E-state index is 4.19. The van der Waals surface area contributed by atoms with Gasteiger partial charge in [-0.05, 0) is 43.6 Å². The smallest absolute Gasteiger partial charge is 0.00398 e. The number of thiol groups is 1. The summed E-state index contributed by atoms with van der Waals surface area (Å²) in [7, 11) is 0. The van der Waals surface area contributed by atoms with E-state index in [2.05, 4.69) is 17.9 Å². The van der Waals surface area contributed by atoms with Crippen molar-refractivity contribution in [3.63, 3.8) is 0 Å². The van der Waals surface area contributed by atoms with E-state index in [9.17, 15) is 0 Å². The normalized spacial score (nSPS) is 39.2. The van der Waals surface area contributed by atoms with Crippen molar-refractivity contribution in [1.29, 1.82) is 0 Å². The lowest BCUT2D eigenvalue weighted by atomic mass is 9.89. The molecule has 70 valence electrons. The first-order chi connectivity index (χ1) is 5.90. The number of nitrogens with one attached hydrogen (secondary N) is 1. The van der Waals surface area contributed by atoms with Crippen LogP contribution < -0.4 is 5.32 Å². The van der Waals surface area contributed by atoms with Crippen LogP contribution in [0, 0.1) is 17.8 Å². The van der Waals surface area contributed by atoms with E-state index in [4.69, 9.17) is 0 Å². The average molecular weight is 185 g/mol. The Balaban J connectivity index is 1.69. The molecular weight excluding hydrogens is 166 g/mol. The van der Waals surface area contributed by atoms with Crippen molar-refractivity contribution in [1.82, 2.24) is 5.32 Å². The average Bonchev–Trinajstić information content (AvgIpc) is 2.65. The zero-order chi connectivity index (χ0) is 8.39. The third-order valence-electron chi connectivity index (χ3n) is 3.58. The maximum Gasteiger partial charge on any atom is 0.00398 e. The Hall–Kier alpha value is 0.310. The van der Waals surface area contributed by atoms with E-state index in [0.717, 1.165) is 30.1 Å². The minimum atomic E-state index is 0.973. The molecule has 0 radical (unpaired) electrons. The fourth-order valence-electron chi connectivity index (χ4n) is 2.99. The molecule has 0 spiro atoms. The maximum atomic E-state index is 4.19. The van der Waals surface area contributed by atoms with Gasteiger partial charge in [0.2, 0.25) is 0 Å². The zero-order valence-electron chi connectivity index (χ0n) is 7.63. The minimum Gasteiger partial charge on any atom is -0.316 e. The topological polar surface area (TPSA) is 12.0 Å². The van der Waals surface area contributed by atoms with E-state index < -0.39 is 0 Å². The van der Waals surface area contributed by atoms with Gasteiger partial charge in [0, 0.05) is 12.3 Å². The van der Waals surface area contributed by atoms with Crippen LogP contribution in [0.5, 0.6) is 0 Å². The summed E-state index contributed by atoms with van der Waals surface area (Å²) < 4.78 is 0. The second-order valence-corrected chi connectivity index (χ2v) is 4.81. The van der Waals surface area contributed by atoms with Crippen molar-refractivity contribution in [2.75, 3.05) is 18.8 Å². The summed E-state index contributed by atoms with van der Waals surface area (Å²) in [5.74, 6) is 4.14. The molecule has 0 aromatic heterocycles. The molecule has 1 N–H and O–H groups in total. The first-order valence-corrected chi connectivity index (χ1v) is 5.85. The van der Waals surface area contributed by atoms with E-state index in [1.54, 1.807) is 0 Å². The van der Waals surface area contributed by atoms with E-state index >= 15 is 0 Å². The van der Waals surface area contributed by atoms with Gasteiger partial charge in [-0.1, -0.05) is 6.42 Å². The van der Waals surface area contributed by atoms with Crippen molar-refractivity contribution in [2.24, 2.45) is 17.8 Å². The lowest BCUT2D eigenvalue weighted by Crippen LogP contribution is -2.27. The quantitative estimate of drug-likeness (QED) is 0.504. The van der Waals surface area contributed by atoms with Gasteiger partial charge >= 0.3 is 0 Å². The molecule has 12 heavy (non-hydrogen) atoms. The standard InChI is InChI=1S/C10H19NS/c12-4-3-11-7-10-6-8-1-2-9(10)5-8/h8-12H,1-7H2/t8-,9-,10+/m0/s1. The van der Waals surface area contributed by atoms with Crippen molar-refractivity contribution in [3.05, 3.63) is 0 Å². The van der Waals surface area contributed by atoms with Crippen LogP contribution in [0.2, 0.25) is 0 Å². The molecule has 2 saturated carbocycles. The fourth-order valence-corrected chi connectivity index (χ4v) is 3.15. The molecule has 0 amide bonds. The summed E-state index contributed by atoms with van der Waals surface area (Å²) in [5, 5.41) is 3.49. The van der Waals surface area contributed by atoms with Crippen LogP contribution in [0.25, 0.3) is 0 Å². The van der Waals surface area contributed by atoms with Gasteiger partial charge in [-0.15, -0.1) is 0 Å². The Morgan fingerprint density at radius 3 is 2.75 bits per heavy atom. The fraction of sp³-hybridized carbons (Fsp3) is 1.00. The molecule has 0 unspecified atom stereocenters. The van der Waals surface area contributed by atoms with Crippen molar-refractivity contribution < 1.29 is 0 Å². The largest absolute Gasteiger partial charge is 0.316 e. The molecule has 2 aliphatic rings. The zero-order valence-corrected chi connectivity index (χ0v) is 8.52. The van der Waals surface area contributed by atoms with Crippen LogP contribution in [0.1, 0.15) is 25.7 Å². The Kier molecular flexibility index (Phi) is 2.97. The molecule has 0 aromatic rings. The van der Waals surface area contributed by atoms with E-state index in [1.165, 1.54) is 32.2 Å². The second kappa shape index (κ2) is 4.01. The molecule has 1 nitrogen and oxygen atoms in total. The highest BCUT2D eigenvalue weighted by Gasteiger charge is 2.38. The first-order valence-electron chi connectivity index (χ1n) is 5.21. The van der Waals surface area contributed by atoms with E-state index in [0.29, 0.717) is 0 Å². The van der Waals surface area contributed by atoms with Gasteiger partial charge in [0.1, 0.15) is 0 Å². The van der Waals surface area contributed by atoms with Crippen LogP contribution in [-0.4, -0.2) is 18.8 Å². The first kappa shape index (κ1) is 8.89. The number of hydrogen-bond acceptors (Lipinski definition) is 2. The monoisotopic (exact) mass is 185 g/mol. The van der Waals surface area contributed by atoms with Gasteiger partial charge in [0.15, 0.2) is 0 Å². The SMILES string of the molecule is SCCNC[C@H]1C[C@H]2CC[C@H]1C2. The van der Waals surface area contributed by atoms with Gasteiger partial charge in [0.05, 0.1) is 0 Å². The van der Waals surface area contributed by atoms with Gasteiger partial charge in [-0.25, -0.2) is 0 Å². The Morgan fingerprint density at radius 1 is 1.25 bits per heavy atom. The third kappa shape index (κ3) is 1.80. The molecule has 3 atom stereocenters. The van der Waals surface area contributed by atoms with Crippen molar-refractivity contribution in [2.45, 2.75) is 25.7 Å². The Morgan fingerprint density at radius 2 is 2.17 bits per heavy atom. The van der Waals surface area contributed by atoms with Gasteiger partial charge in [-0.2, -0.15) is 12.6 Å². The summed E-state index contributed by atoms with van der Waals surface area (Å²) in [6.45, 7) is 2.33. The van der Waals surface area contributed by atoms with E-state index in [-0.39, 0.29) is 0 Å². The number of fused-ring (bicyclic) bond motifs is 2. The third-order valence-corrected chi connectivity index (χ3v) is 3.80. The molecule has 0 saturated heterocycles. The van der Waals surface area contributed by atoms with Crippen LogP contribution in [0.15, 0.2) is 0 Å².